The Morgan fingerprint density at radius 1 is 1.17 bits per heavy atom. The van der Waals surface area contributed by atoms with Crippen molar-refractivity contribution in [3.63, 3.8) is 0 Å². The van der Waals surface area contributed by atoms with Crippen molar-refractivity contribution < 1.29 is 23.4 Å². The van der Waals surface area contributed by atoms with Crippen molar-refractivity contribution in [1.29, 1.82) is 0 Å². The first-order valence-electron chi connectivity index (χ1n) is 4.74. The van der Waals surface area contributed by atoms with E-state index < -0.39 is 17.6 Å². The van der Waals surface area contributed by atoms with E-state index in [1.165, 1.54) is 6.07 Å². The van der Waals surface area contributed by atoms with Gasteiger partial charge in [-0.1, -0.05) is 0 Å². The summed E-state index contributed by atoms with van der Waals surface area (Å²) in [5, 5.41) is 8.60. The third-order valence-electron chi connectivity index (χ3n) is 1.96. The molecule has 0 saturated heterocycles. The molecular weight excluding hydrogens is 246 g/mol. The molecule has 0 aliphatic carbocycles. The van der Waals surface area contributed by atoms with Gasteiger partial charge in [0.15, 0.2) is 17.3 Å². The topological polar surface area (TPSA) is 72.3 Å². The summed E-state index contributed by atoms with van der Waals surface area (Å²) in [4.78, 5) is 17.7. The Bertz CT molecular complexity index is 587. The summed E-state index contributed by atoms with van der Waals surface area (Å²) in [5.74, 6) is -3.25. The minimum atomic E-state index is -1.22. The number of carboxylic acid groups (broad SMARTS) is 1. The molecule has 0 aliphatic heterocycles. The predicted molar refractivity (Wildman–Crippen MR) is 55.4 cm³/mol. The molecule has 0 amide bonds. The molecule has 0 bridgehead atoms. The standard InChI is InChI=1S/C11H6F2N2O3/c12-7-2-1-6(3-8(7)13)18-10-5-14-9(4-15-10)11(16)17/h1-5H,(H,16,17). The number of hydrogen-bond donors (Lipinski definition) is 1. The summed E-state index contributed by atoms with van der Waals surface area (Å²) in [6, 6.07) is 2.97. The minimum Gasteiger partial charge on any atom is -0.476 e. The second-order valence-corrected chi connectivity index (χ2v) is 3.22. The van der Waals surface area contributed by atoms with Gasteiger partial charge in [0.25, 0.3) is 0 Å². The van der Waals surface area contributed by atoms with E-state index in [4.69, 9.17) is 9.84 Å². The highest BCUT2D eigenvalue weighted by Crippen LogP contribution is 2.20. The van der Waals surface area contributed by atoms with Gasteiger partial charge in [-0.15, -0.1) is 0 Å². The molecule has 2 aromatic rings. The zero-order valence-electron chi connectivity index (χ0n) is 8.80. The molecule has 1 heterocycles. The minimum absolute atomic E-state index is 0.0222. The van der Waals surface area contributed by atoms with E-state index in [0.717, 1.165) is 24.5 Å². The molecule has 18 heavy (non-hydrogen) atoms. The van der Waals surface area contributed by atoms with E-state index >= 15 is 0 Å². The number of nitrogens with zero attached hydrogens (tertiary/aromatic N) is 2. The Morgan fingerprint density at radius 3 is 2.50 bits per heavy atom. The second kappa shape index (κ2) is 4.74. The molecule has 0 atom stereocenters. The van der Waals surface area contributed by atoms with Crippen LogP contribution in [0.2, 0.25) is 0 Å². The van der Waals surface area contributed by atoms with E-state index in [2.05, 4.69) is 9.97 Å². The van der Waals surface area contributed by atoms with Gasteiger partial charge in [0.05, 0.1) is 12.4 Å². The number of carboxylic acids is 1. The fourth-order valence-corrected chi connectivity index (χ4v) is 1.14. The lowest BCUT2D eigenvalue weighted by molar-refractivity contribution is 0.0690. The average Bonchev–Trinajstić information content (AvgIpc) is 2.34. The molecule has 0 fully saturated rings. The van der Waals surface area contributed by atoms with Crippen molar-refractivity contribution in [3.8, 4) is 11.6 Å². The zero-order chi connectivity index (χ0) is 13.1. The maximum Gasteiger partial charge on any atom is 0.356 e. The van der Waals surface area contributed by atoms with Gasteiger partial charge in [0.1, 0.15) is 5.75 Å². The molecule has 1 N–H and O–H groups in total. The molecule has 0 saturated carbocycles. The summed E-state index contributed by atoms with van der Waals surface area (Å²) in [7, 11) is 0. The van der Waals surface area contributed by atoms with Crippen molar-refractivity contribution in [2.45, 2.75) is 0 Å². The maximum atomic E-state index is 12.9. The number of carbonyl (C=O) groups is 1. The smallest absolute Gasteiger partial charge is 0.356 e. The lowest BCUT2D eigenvalue weighted by Gasteiger charge is -2.04. The SMILES string of the molecule is O=C(O)c1cnc(Oc2ccc(F)c(F)c2)cn1. The van der Waals surface area contributed by atoms with Crippen molar-refractivity contribution in [2.24, 2.45) is 0 Å². The third kappa shape index (κ3) is 2.57. The number of hydrogen-bond acceptors (Lipinski definition) is 4. The molecule has 2 rings (SSSR count). The maximum absolute atomic E-state index is 12.9. The van der Waals surface area contributed by atoms with Crippen LogP contribution in [0.15, 0.2) is 30.6 Å². The molecule has 1 aromatic heterocycles. The number of rotatable bonds is 3. The summed E-state index contributed by atoms with van der Waals surface area (Å²) >= 11 is 0. The first kappa shape index (κ1) is 11.9. The fourth-order valence-electron chi connectivity index (χ4n) is 1.14. The Balaban J connectivity index is 2.18. The Morgan fingerprint density at radius 2 is 1.94 bits per heavy atom. The van der Waals surface area contributed by atoms with Crippen molar-refractivity contribution in [3.05, 3.63) is 47.9 Å². The van der Waals surface area contributed by atoms with Gasteiger partial charge in [0, 0.05) is 6.07 Å². The highest BCUT2D eigenvalue weighted by atomic mass is 19.2. The van der Waals surface area contributed by atoms with Gasteiger partial charge in [-0.3, -0.25) is 0 Å². The molecule has 0 spiro atoms. The quantitative estimate of drug-likeness (QED) is 0.906. The van der Waals surface area contributed by atoms with Crippen LogP contribution >= 0.6 is 0 Å². The molecule has 0 radical (unpaired) electrons. The van der Waals surface area contributed by atoms with Crippen LogP contribution in [0.25, 0.3) is 0 Å². The van der Waals surface area contributed by atoms with Gasteiger partial charge in [-0.05, 0) is 12.1 Å². The number of benzene rings is 1. The molecule has 92 valence electrons. The number of aromatic nitrogens is 2. The molecular formula is C11H6F2N2O3. The van der Waals surface area contributed by atoms with Crippen LogP contribution in [0.5, 0.6) is 11.6 Å². The molecule has 1 aromatic carbocycles. The zero-order valence-corrected chi connectivity index (χ0v) is 8.80. The van der Waals surface area contributed by atoms with E-state index in [1.807, 2.05) is 0 Å². The first-order valence-corrected chi connectivity index (χ1v) is 4.74. The lowest BCUT2D eigenvalue weighted by Crippen LogP contribution is -2.01. The van der Waals surface area contributed by atoms with Gasteiger partial charge in [-0.25, -0.2) is 23.5 Å². The van der Waals surface area contributed by atoms with Crippen LogP contribution in [0.3, 0.4) is 0 Å². The van der Waals surface area contributed by atoms with Gasteiger partial charge < -0.3 is 9.84 Å². The third-order valence-corrected chi connectivity index (χ3v) is 1.96. The fraction of sp³-hybridized carbons (Fsp3) is 0. The Labute approximate surface area is 99.7 Å². The van der Waals surface area contributed by atoms with Gasteiger partial charge in [0.2, 0.25) is 5.88 Å². The largest absolute Gasteiger partial charge is 0.476 e. The summed E-state index contributed by atoms with van der Waals surface area (Å²) < 4.78 is 30.6. The van der Waals surface area contributed by atoms with Crippen LogP contribution in [0.4, 0.5) is 8.78 Å². The second-order valence-electron chi connectivity index (χ2n) is 3.22. The molecule has 7 heteroatoms. The monoisotopic (exact) mass is 252 g/mol. The highest BCUT2D eigenvalue weighted by molar-refractivity contribution is 5.84. The summed E-state index contributed by atoms with van der Waals surface area (Å²) in [5.41, 5.74) is -0.243. The predicted octanol–water partition coefficient (Wildman–Crippen LogP) is 2.25. The summed E-state index contributed by atoms with van der Waals surface area (Å²) in [6.07, 6.45) is 2.07. The van der Waals surface area contributed by atoms with Crippen LogP contribution in [-0.4, -0.2) is 21.0 Å². The van der Waals surface area contributed by atoms with E-state index in [1.54, 1.807) is 0 Å². The molecule has 5 nitrogen and oxygen atoms in total. The van der Waals surface area contributed by atoms with Crippen molar-refractivity contribution >= 4 is 5.97 Å². The normalized spacial score (nSPS) is 10.1. The summed E-state index contributed by atoms with van der Waals surface area (Å²) in [6.45, 7) is 0. The molecule has 0 aliphatic rings. The highest BCUT2D eigenvalue weighted by Gasteiger charge is 2.07. The van der Waals surface area contributed by atoms with Crippen LogP contribution in [-0.2, 0) is 0 Å². The average molecular weight is 252 g/mol. The Hall–Kier alpha value is -2.57. The van der Waals surface area contributed by atoms with E-state index in [0.29, 0.717) is 0 Å². The number of aromatic carboxylic acids is 1. The molecule has 0 unspecified atom stereocenters. The number of ether oxygens (including phenoxy) is 1. The van der Waals surface area contributed by atoms with Crippen molar-refractivity contribution in [1.82, 2.24) is 9.97 Å². The van der Waals surface area contributed by atoms with Gasteiger partial charge >= 0.3 is 5.97 Å². The van der Waals surface area contributed by atoms with Crippen molar-refractivity contribution in [2.75, 3.05) is 0 Å². The van der Waals surface area contributed by atoms with Crippen LogP contribution in [0.1, 0.15) is 10.5 Å². The van der Waals surface area contributed by atoms with Crippen LogP contribution < -0.4 is 4.74 Å². The first-order chi connectivity index (χ1) is 8.56. The lowest BCUT2D eigenvalue weighted by atomic mass is 10.3. The Kier molecular flexibility index (Phi) is 3.13. The van der Waals surface area contributed by atoms with Gasteiger partial charge in [-0.2, -0.15) is 0 Å². The van der Waals surface area contributed by atoms with E-state index in [9.17, 15) is 13.6 Å². The van der Waals surface area contributed by atoms with E-state index in [-0.39, 0.29) is 17.3 Å². The van der Waals surface area contributed by atoms with Crippen LogP contribution in [0, 0.1) is 11.6 Å². The number of halogens is 2.